The van der Waals surface area contributed by atoms with Gasteiger partial charge in [-0.2, -0.15) is 9.78 Å². The predicted octanol–water partition coefficient (Wildman–Crippen LogP) is 5.65. The van der Waals surface area contributed by atoms with Gasteiger partial charge in [0.2, 0.25) is 0 Å². The average Bonchev–Trinajstić information content (AvgIpc) is 2.93. The van der Waals surface area contributed by atoms with Crippen LogP contribution in [0, 0.1) is 6.92 Å². The molecular weight excluding hydrogens is 464 g/mol. The number of nitrogens with zero attached hydrogens (tertiary/aromatic N) is 3. The van der Waals surface area contributed by atoms with E-state index in [1.54, 1.807) is 24.4 Å². The second-order valence-electron chi connectivity index (χ2n) is 9.41. The molecule has 7 nitrogen and oxygen atoms in total. The van der Waals surface area contributed by atoms with Crippen LogP contribution in [-0.4, -0.2) is 28.4 Å². The number of hydrogen-bond acceptors (Lipinski definition) is 5. The lowest BCUT2D eigenvalue weighted by molar-refractivity contribution is -0.118. The van der Waals surface area contributed by atoms with Gasteiger partial charge in [-0.3, -0.25) is 9.59 Å². The number of hydrogen-bond donors (Lipinski definition) is 1. The molecule has 1 aromatic heterocycles. The number of rotatable bonds is 7. The minimum absolute atomic E-state index is 0.116. The Balaban J connectivity index is 1.35. The van der Waals surface area contributed by atoms with Crippen molar-refractivity contribution in [3.63, 3.8) is 0 Å². The van der Waals surface area contributed by atoms with E-state index in [2.05, 4.69) is 10.4 Å². The van der Waals surface area contributed by atoms with Crippen molar-refractivity contribution in [2.45, 2.75) is 44.9 Å². The summed E-state index contributed by atoms with van der Waals surface area (Å²) in [7, 11) is 0. The number of ether oxygens (including phenoxy) is 1. The number of nitrogens with one attached hydrogen (secondary N) is 1. The van der Waals surface area contributed by atoms with E-state index in [1.807, 2.05) is 61.5 Å². The first-order valence-electron chi connectivity index (χ1n) is 12.7. The Kier molecular flexibility index (Phi) is 7.40. The van der Waals surface area contributed by atoms with E-state index in [4.69, 9.17) is 9.72 Å². The van der Waals surface area contributed by atoms with Gasteiger partial charge < -0.3 is 10.1 Å². The van der Waals surface area contributed by atoms with Crippen LogP contribution in [-0.2, 0) is 4.79 Å². The lowest BCUT2D eigenvalue weighted by Crippen LogP contribution is -2.25. The number of para-hydroxylation sites is 2. The maximum Gasteiger partial charge on any atom is 0.282 e. The van der Waals surface area contributed by atoms with Gasteiger partial charge in [0, 0.05) is 11.6 Å². The first-order valence-corrected chi connectivity index (χ1v) is 12.7. The molecule has 1 fully saturated rings. The maximum absolute atomic E-state index is 13.4. The van der Waals surface area contributed by atoms with Crippen LogP contribution in [0.5, 0.6) is 5.75 Å². The summed E-state index contributed by atoms with van der Waals surface area (Å²) in [6, 6.07) is 22.3. The fourth-order valence-electron chi connectivity index (χ4n) is 4.73. The van der Waals surface area contributed by atoms with Crippen LogP contribution in [0.4, 0.5) is 5.69 Å². The molecule has 1 heterocycles. The first kappa shape index (κ1) is 24.4. The van der Waals surface area contributed by atoms with E-state index in [0.717, 1.165) is 48.3 Å². The number of anilines is 1. The Morgan fingerprint density at radius 2 is 1.84 bits per heavy atom. The molecule has 7 heteroatoms. The van der Waals surface area contributed by atoms with E-state index in [-0.39, 0.29) is 24.0 Å². The van der Waals surface area contributed by atoms with Gasteiger partial charge in [0.25, 0.3) is 11.5 Å². The number of aromatic nitrogens is 2. The summed E-state index contributed by atoms with van der Waals surface area (Å²) >= 11 is 0. The van der Waals surface area contributed by atoms with E-state index in [1.165, 1.54) is 11.1 Å². The zero-order valence-electron chi connectivity index (χ0n) is 20.9. The molecule has 1 saturated carbocycles. The number of carbonyl (C=O) groups excluding carboxylic acids is 1. The molecule has 1 aliphatic rings. The summed E-state index contributed by atoms with van der Waals surface area (Å²) in [5.41, 5.74) is 3.05. The maximum atomic E-state index is 13.4. The fourth-order valence-corrected chi connectivity index (χ4v) is 4.73. The molecule has 3 aromatic carbocycles. The highest BCUT2D eigenvalue weighted by Gasteiger charge is 2.22. The molecule has 1 amide bonds. The molecule has 0 atom stereocenters. The van der Waals surface area contributed by atoms with Crippen LogP contribution < -0.4 is 15.6 Å². The van der Waals surface area contributed by atoms with E-state index in [9.17, 15) is 9.59 Å². The normalized spacial score (nSPS) is 14.2. The number of amides is 1. The predicted molar refractivity (Wildman–Crippen MR) is 147 cm³/mol. The van der Waals surface area contributed by atoms with Gasteiger partial charge in [-0.15, -0.1) is 0 Å². The SMILES string of the molecule is Cc1ccccc1NC(=O)COc1cccc(C=Nn2c(C3CCCCC3)nc3ccccc3c2=O)c1. The van der Waals surface area contributed by atoms with E-state index >= 15 is 0 Å². The molecule has 5 rings (SSSR count). The molecule has 0 aliphatic heterocycles. The number of aryl methyl sites for hydroxylation is 1. The fraction of sp³-hybridized carbons (Fsp3) is 0.267. The van der Waals surface area contributed by atoms with Gasteiger partial charge in [-0.1, -0.05) is 61.7 Å². The standard InChI is InChI=1S/C30H30N4O3/c1-21-10-5-7-16-26(21)32-28(35)20-37-24-14-9-11-22(18-24)19-31-34-29(23-12-3-2-4-13-23)33-27-17-8-6-15-25(27)30(34)36/h5-11,14-19,23H,2-4,12-13,20H2,1H3,(H,32,35). The van der Waals surface area contributed by atoms with Crippen LogP contribution in [0.25, 0.3) is 10.9 Å². The summed E-state index contributed by atoms with van der Waals surface area (Å²) in [6.45, 7) is 1.82. The largest absolute Gasteiger partial charge is 0.484 e. The Hall–Kier alpha value is -4.26. The van der Waals surface area contributed by atoms with Gasteiger partial charge in [0.05, 0.1) is 17.1 Å². The first-order chi connectivity index (χ1) is 18.1. The minimum Gasteiger partial charge on any atom is -0.484 e. The summed E-state index contributed by atoms with van der Waals surface area (Å²) in [5, 5.41) is 8.00. The van der Waals surface area contributed by atoms with E-state index in [0.29, 0.717) is 16.7 Å². The van der Waals surface area contributed by atoms with Crippen LogP contribution >= 0.6 is 0 Å². The van der Waals surface area contributed by atoms with Crippen LogP contribution in [0.15, 0.2) is 82.7 Å². The van der Waals surface area contributed by atoms with Gasteiger partial charge in [0.15, 0.2) is 6.61 Å². The zero-order valence-corrected chi connectivity index (χ0v) is 20.9. The molecule has 0 unspecified atom stereocenters. The second kappa shape index (κ2) is 11.2. The Morgan fingerprint density at radius 1 is 1.05 bits per heavy atom. The van der Waals surface area contributed by atoms with Crippen molar-refractivity contribution in [2.24, 2.45) is 5.10 Å². The third-order valence-electron chi connectivity index (χ3n) is 6.72. The Morgan fingerprint density at radius 3 is 2.68 bits per heavy atom. The Labute approximate surface area is 215 Å². The van der Waals surface area contributed by atoms with Crippen molar-refractivity contribution >= 4 is 28.7 Å². The summed E-state index contributed by atoms with van der Waals surface area (Å²) in [4.78, 5) is 30.6. The molecule has 1 N–H and O–H groups in total. The summed E-state index contributed by atoms with van der Waals surface area (Å²) in [6.07, 6.45) is 7.14. The van der Waals surface area contributed by atoms with Crippen LogP contribution in [0.3, 0.4) is 0 Å². The smallest absolute Gasteiger partial charge is 0.282 e. The van der Waals surface area contributed by atoms with Crippen molar-refractivity contribution in [3.05, 3.63) is 100 Å². The highest BCUT2D eigenvalue weighted by molar-refractivity contribution is 5.92. The van der Waals surface area contributed by atoms with Gasteiger partial charge in [-0.25, -0.2) is 4.98 Å². The number of fused-ring (bicyclic) bond motifs is 1. The number of carbonyl (C=O) groups is 1. The molecule has 0 saturated heterocycles. The second-order valence-corrected chi connectivity index (χ2v) is 9.41. The monoisotopic (exact) mass is 494 g/mol. The van der Waals surface area contributed by atoms with Crippen molar-refractivity contribution < 1.29 is 9.53 Å². The third-order valence-corrected chi connectivity index (χ3v) is 6.72. The molecule has 0 bridgehead atoms. The quantitative estimate of drug-likeness (QED) is 0.336. The van der Waals surface area contributed by atoms with Gasteiger partial charge in [-0.05, 0) is 61.2 Å². The molecule has 0 spiro atoms. The topological polar surface area (TPSA) is 85.6 Å². The molecule has 1 aliphatic carbocycles. The zero-order chi connectivity index (χ0) is 25.6. The van der Waals surface area contributed by atoms with Crippen molar-refractivity contribution in [3.8, 4) is 5.75 Å². The average molecular weight is 495 g/mol. The molecule has 37 heavy (non-hydrogen) atoms. The third kappa shape index (κ3) is 5.77. The van der Waals surface area contributed by atoms with Gasteiger partial charge >= 0.3 is 0 Å². The van der Waals surface area contributed by atoms with E-state index < -0.39 is 0 Å². The van der Waals surface area contributed by atoms with Crippen molar-refractivity contribution in [2.75, 3.05) is 11.9 Å². The van der Waals surface area contributed by atoms with Crippen molar-refractivity contribution in [1.29, 1.82) is 0 Å². The molecule has 188 valence electrons. The number of benzene rings is 3. The lowest BCUT2D eigenvalue weighted by atomic mass is 9.88. The summed E-state index contributed by atoms with van der Waals surface area (Å²) < 4.78 is 7.18. The highest BCUT2D eigenvalue weighted by Crippen LogP contribution is 2.31. The van der Waals surface area contributed by atoms with Crippen LogP contribution in [0.1, 0.15) is 55.0 Å². The molecular formula is C30H30N4O3. The Bertz CT molecular complexity index is 1500. The van der Waals surface area contributed by atoms with Crippen LogP contribution in [0.2, 0.25) is 0 Å². The molecule has 0 radical (unpaired) electrons. The van der Waals surface area contributed by atoms with Gasteiger partial charge in [0.1, 0.15) is 11.6 Å². The summed E-state index contributed by atoms with van der Waals surface area (Å²) in [5.74, 6) is 1.24. The highest BCUT2D eigenvalue weighted by atomic mass is 16.5. The lowest BCUT2D eigenvalue weighted by Gasteiger charge is -2.22. The molecule has 4 aromatic rings. The van der Waals surface area contributed by atoms with Crippen molar-refractivity contribution in [1.82, 2.24) is 9.66 Å². The minimum atomic E-state index is -0.237.